The number of nitrogens with one attached hydrogen (secondary N) is 2. The number of ketones is 2. The summed E-state index contributed by atoms with van der Waals surface area (Å²) in [5.74, 6) is -7.86. The van der Waals surface area contributed by atoms with Gasteiger partial charge in [0.2, 0.25) is 11.6 Å². The van der Waals surface area contributed by atoms with Gasteiger partial charge in [-0.15, -0.1) is 0 Å². The number of ether oxygens (including phenoxy) is 2. The highest BCUT2D eigenvalue weighted by Gasteiger charge is 2.31. The van der Waals surface area contributed by atoms with Crippen molar-refractivity contribution in [3.05, 3.63) is 65.5 Å². The molecule has 2 aromatic rings. The molecule has 0 saturated heterocycles. The second-order valence-electron chi connectivity index (χ2n) is 10.8. The predicted octanol–water partition coefficient (Wildman–Crippen LogP) is 3.84. The van der Waals surface area contributed by atoms with E-state index in [4.69, 9.17) is 20.9 Å². The zero-order valence-electron chi connectivity index (χ0n) is 26.6. The summed E-state index contributed by atoms with van der Waals surface area (Å²) in [6, 6.07) is 7.34. The average molecular weight is 675 g/mol. The second-order valence-corrected chi connectivity index (χ2v) is 10.8. The molecule has 0 aliphatic rings. The van der Waals surface area contributed by atoms with Crippen molar-refractivity contribution >= 4 is 23.4 Å². The summed E-state index contributed by atoms with van der Waals surface area (Å²) in [4.78, 5) is 48.0. The molecule has 0 heterocycles. The molecule has 262 valence electrons. The van der Waals surface area contributed by atoms with Crippen molar-refractivity contribution in [1.29, 1.82) is 0 Å². The molecular formula is C32H43F5N4O6. The fourth-order valence-electron chi connectivity index (χ4n) is 3.88. The molecule has 10 nitrogen and oxygen atoms in total. The lowest BCUT2D eigenvalue weighted by Crippen LogP contribution is -2.51. The van der Waals surface area contributed by atoms with Gasteiger partial charge in [-0.25, -0.2) is 17.6 Å². The average Bonchev–Trinajstić information content (AvgIpc) is 3.05. The van der Waals surface area contributed by atoms with E-state index >= 15 is 0 Å². The first-order valence-corrected chi connectivity index (χ1v) is 14.9. The summed E-state index contributed by atoms with van der Waals surface area (Å²) >= 11 is 0. The first-order valence-electron chi connectivity index (χ1n) is 14.9. The largest absolute Gasteiger partial charge is 0.480 e. The van der Waals surface area contributed by atoms with E-state index in [2.05, 4.69) is 10.6 Å². The normalized spacial score (nSPS) is 12.4. The van der Waals surface area contributed by atoms with E-state index < -0.39 is 77.3 Å². The van der Waals surface area contributed by atoms with Gasteiger partial charge < -0.3 is 31.6 Å². The van der Waals surface area contributed by atoms with Crippen molar-refractivity contribution < 1.29 is 50.6 Å². The van der Waals surface area contributed by atoms with Crippen LogP contribution in [0.25, 0.3) is 0 Å². The van der Waals surface area contributed by atoms with Gasteiger partial charge in [0, 0.05) is 12.7 Å². The van der Waals surface area contributed by atoms with Crippen molar-refractivity contribution in [3.8, 4) is 5.75 Å². The predicted molar refractivity (Wildman–Crippen MR) is 164 cm³/mol. The molecule has 2 unspecified atom stereocenters. The maximum Gasteiger partial charge on any atom is 0.298 e. The van der Waals surface area contributed by atoms with Crippen LogP contribution in [0, 0.1) is 17.5 Å². The Morgan fingerprint density at radius 1 is 0.809 bits per heavy atom. The van der Waals surface area contributed by atoms with Gasteiger partial charge in [-0.1, -0.05) is 18.2 Å². The number of unbranched alkanes of at least 4 members (excludes halogenated alkanes) is 2. The van der Waals surface area contributed by atoms with Gasteiger partial charge in [0.1, 0.15) is 12.2 Å². The molecule has 6 N–H and O–H groups in total. The SMILES string of the molecule is COC(C)(C)C(=O)NC(CCCCN)C(=O)COc1c(F)ccc(F)c1F.NCCCCC(NC(=O)c1ccccc1)C(=O)C(F)F. The van der Waals surface area contributed by atoms with Crippen molar-refractivity contribution in [1.82, 2.24) is 10.6 Å². The van der Waals surface area contributed by atoms with Crippen LogP contribution in [0.15, 0.2) is 42.5 Å². The fraction of sp³-hybridized carbons (Fsp3) is 0.500. The third kappa shape index (κ3) is 14.1. The minimum Gasteiger partial charge on any atom is -0.480 e. The standard InChI is InChI=1S/C18H25F3N2O4.C14H18F2N2O2/c1-18(2,26-3)17(25)23-13(6-4-5-9-22)14(24)10-27-16-12(20)8-7-11(19)15(16)21;15-13(16)12(19)11(8-4-5-9-17)18-14(20)10-6-2-1-3-7-10/h7-8,13H,4-6,9-10,22H2,1-3H3,(H,23,25);1-3,6-7,11,13H,4-5,8-9,17H2,(H,18,20). The minimum atomic E-state index is -3.09. The van der Waals surface area contributed by atoms with E-state index in [9.17, 15) is 41.1 Å². The number of rotatable bonds is 19. The molecule has 2 aromatic carbocycles. The number of hydrogen-bond acceptors (Lipinski definition) is 8. The Morgan fingerprint density at radius 2 is 1.36 bits per heavy atom. The minimum absolute atomic E-state index is 0.166. The molecule has 2 amide bonds. The number of carbonyl (C=O) groups is 4. The van der Waals surface area contributed by atoms with Crippen LogP contribution in [0.2, 0.25) is 0 Å². The molecule has 0 fully saturated rings. The summed E-state index contributed by atoms with van der Waals surface area (Å²) < 4.78 is 75.4. The van der Waals surface area contributed by atoms with E-state index in [1.807, 2.05) is 0 Å². The Morgan fingerprint density at radius 3 is 1.89 bits per heavy atom. The van der Waals surface area contributed by atoms with Crippen molar-refractivity contribution in [2.24, 2.45) is 11.5 Å². The quantitative estimate of drug-likeness (QED) is 0.0993. The summed E-state index contributed by atoms with van der Waals surface area (Å²) in [5.41, 5.74) is 9.91. The van der Waals surface area contributed by atoms with Gasteiger partial charge in [-0.3, -0.25) is 19.2 Å². The molecule has 0 saturated carbocycles. The Balaban J connectivity index is 0.000000491. The number of alkyl halides is 2. The summed E-state index contributed by atoms with van der Waals surface area (Å²) in [6.45, 7) is 3.14. The summed E-state index contributed by atoms with van der Waals surface area (Å²) in [7, 11) is 1.35. The number of benzene rings is 2. The van der Waals surface area contributed by atoms with E-state index in [0.29, 0.717) is 56.5 Å². The van der Waals surface area contributed by atoms with Crippen molar-refractivity contribution in [3.63, 3.8) is 0 Å². The van der Waals surface area contributed by atoms with Gasteiger partial charge in [-0.2, -0.15) is 4.39 Å². The third-order valence-corrected chi connectivity index (χ3v) is 6.91. The number of Topliss-reactive ketones (excluding diaryl/α,β-unsaturated/α-hetero) is 2. The van der Waals surface area contributed by atoms with Gasteiger partial charge in [0.15, 0.2) is 23.2 Å². The molecule has 0 radical (unpaired) electrons. The van der Waals surface area contributed by atoms with E-state index in [-0.39, 0.29) is 12.8 Å². The van der Waals surface area contributed by atoms with Crippen molar-refractivity contribution in [2.45, 2.75) is 76.5 Å². The van der Waals surface area contributed by atoms with Crippen LogP contribution in [-0.4, -0.2) is 74.3 Å². The van der Waals surface area contributed by atoms with E-state index in [1.165, 1.54) is 21.0 Å². The van der Waals surface area contributed by atoms with Crippen LogP contribution in [0.3, 0.4) is 0 Å². The molecule has 2 rings (SSSR count). The van der Waals surface area contributed by atoms with Gasteiger partial charge in [0.05, 0.1) is 12.1 Å². The molecule has 2 atom stereocenters. The van der Waals surface area contributed by atoms with Crippen LogP contribution >= 0.6 is 0 Å². The highest BCUT2D eigenvalue weighted by atomic mass is 19.3. The molecule has 0 bridgehead atoms. The van der Waals surface area contributed by atoms with Crippen LogP contribution in [0.1, 0.15) is 62.7 Å². The van der Waals surface area contributed by atoms with Crippen LogP contribution in [0.5, 0.6) is 5.75 Å². The number of hydrogen-bond donors (Lipinski definition) is 4. The Bertz CT molecular complexity index is 1300. The molecule has 0 aliphatic heterocycles. The van der Waals surface area contributed by atoms with Gasteiger partial charge in [-0.05, 0) is 89.7 Å². The lowest BCUT2D eigenvalue weighted by molar-refractivity contribution is -0.142. The highest BCUT2D eigenvalue weighted by molar-refractivity contribution is 5.98. The Hall–Kier alpha value is -3.95. The first kappa shape index (κ1) is 41.1. The Kier molecular flexibility index (Phi) is 18.4. The number of amides is 2. The fourth-order valence-corrected chi connectivity index (χ4v) is 3.88. The topological polar surface area (TPSA) is 163 Å². The van der Waals surface area contributed by atoms with Gasteiger partial charge in [0.25, 0.3) is 18.2 Å². The lowest BCUT2D eigenvalue weighted by atomic mass is 10.0. The summed E-state index contributed by atoms with van der Waals surface area (Å²) in [6.07, 6.45) is -0.361. The maximum absolute atomic E-state index is 13.6. The van der Waals surface area contributed by atoms with Crippen LogP contribution in [0.4, 0.5) is 22.0 Å². The highest BCUT2D eigenvalue weighted by Crippen LogP contribution is 2.24. The number of nitrogens with two attached hydrogens (primary N) is 2. The van der Waals surface area contributed by atoms with Gasteiger partial charge >= 0.3 is 0 Å². The smallest absolute Gasteiger partial charge is 0.298 e. The zero-order valence-corrected chi connectivity index (χ0v) is 26.6. The third-order valence-electron chi connectivity index (χ3n) is 6.91. The molecule has 0 aromatic heterocycles. The number of methoxy groups -OCH3 is 1. The summed E-state index contributed by atoms with van der Waals surface area (Å²) in [5, 5.41) is 4.91. The molecular weight excluding hydrogens is 631 g/mol. The maximum atomic E-state index is 13.6. The second kappa shape index (κ2) is 21.0. The lowest BCUT2D eigenvalue weighted by Gasteiger charge is -2.25. The Labute approximate surface area is 270 Å². The van der Waals surface area contributed by atoms with Crippen LogP contribution < -0.4 is 26.8 Å². The van der Waals surface area contributed by atoms with Crippen LogP contribution in [-0.2, 0) is 19.1 Å². The molecule has 0 spiro atoms. The first-order chi connectivity index (χ1) is 22.2. The van der Waals surface area contributed by atoms with E-state index in [0.717, 1.165) is 0 Å². The van der Waals surface area contributed by atoms with E-state index in [1.54, 1.807) is 30.3 Å². The molecule has 0 aliphatic carbocycles. The molecule has 15 heteroatoms. The number of carbonyl (C=O) groups excluding carboxylic acids is 4. The monoisotopic (exact) mass is 674 g/mol. The number of halogens is 5. The van der Waals surface area contributed by atoms with Crippen molar-refractivity contribution in [2.75, 3.05) is 26.8 Å². The molecule has 47 heavy (non-hydrogen) atoms. The zero-order chi connectivity index (χ0) is 35.6.